The molecule has 0 aliphatic carbocycles. The maximum Gasteiger partial charge on any atom is 0.257 e. The van der Waals surface area contributed by atoms with Crippen LogP contribution in [0.25, 0.3) is 0 Å². The fraction of sp³-hybridized carbons (Fsp3) is 0.458. The topological polar surface area (TPSA) is 83.0 Å². The molecule has 1 aromatic heterocycles. The lowest BCUT2D eigenvalue weighted by Gasteiger charge is -2.51. The second kappa shape index (κ2) is 9.06. The predicted octanol–water partition coefficient (Wildman–Crippen LogP) is 2.15. The summed E-state index contributed by atoms with van der Waals surface area (Å²) >= 11 is 0. The molecule has 0 radical (unpaired) electrons. The van der Waals surface area contributed by atoms with Crippen LogP contribution in [0.5, 0.6) is 5.75 Å². The average Bonchev–Trinajstić information content (AvgIpc) is 2.81. The highest BCUT2D eigenvalue weighted by molar-refractivity contribution is 5.97. The fourth-order valence-electron chi connectivity index (χ4n) is 4.86. The molecule has 2 aliphatic rings. The molecule has 2 amide bonds. The van der Waals surface area contributed by atoms with Crippen molar-refractivity contribution in [2.24, 2.45) is 5.41 Å². The Morgan fingerprint density at radius 1 is 1.13 bits per heavy atom. The van der Waals surface area contributed by atoms with E-state index in [0.717, 1.165) is 18.5 Å². The molecule has 2 fully saturated rings. The fourth-order valence-corrected chi connectivity index (χ4v) is 4.86. The van der Waals surface area contributed by atoms with Crippen molar-refractivity contribution in [3.63, 3.8) is 0 Å². The molecule has 1 aromatic carbocycles. The highest BCUT2D eigenvalue weighted by Gasteiger charge is 2.47. The van der Waals surface area contributed by atoms with Crippen LogP contribution >= 0.6 is 0 Å². The number of para-hydroxylation sites is 1. The summed E-state index contributed by atoms with van der Waals surface area (Å²) in [4.78, 5) is 34.1. The van der Waals surface area contributed by atoms with Gasteiger partial charge in [-0.3, -0.25) is 14.6 Å². The van der Waals surface area contributed by atoms with Crippen molar-refractivity contribution in [3.8, 4) is 5.75 Å². The Bertz CT molecular complexity index is 935. The van der Waals surface area contributed by atoms with Crippen molar-refractivity contribution < 1.29 is 19.4 Å². The van der Waals surface area contributed by atoms with E-state index < -0.39 is 11.5 Å². The minimum Gasteiger partial charge on any atom is -0.496 e. The minimum absolute atomic E-state index is 0.0122. The van der Waals surface area contributed by atoms with E-state index in [4.69, 9.17) is 4.74 Å². The van der Waals surface area contributed by atoms with Gasteiger partial charge in [0, 0.05) is 43.5 Å². The van der Waals surface area contributed by atoms with Crippen LogP contribution in [-0.4, -0.2) is 71.1 Å². The summed E-state index contributed by atoms with van der Waals surface area (Å²) < 4.78 is 5.36. The Morgan fingerprint density at radius 2 is 1.90 bits per heavy atom. The zero-order chi connectivity index (χ0) is 21.8. The van der Waals surface area contributed by atoms with Gasteiger partial charge in [-0.25, -0.2) is 0 Å². The number of hydrogen-bond donors (Lipinski definition) is 1. The first-order chi connectivity index (χ1) is 15.0. The Morgan fingerprint density at radius 3 is 2.68 bits per heavy atom. The summed E-state index contributed by atoms with van der Waals surface area (Å²) in [5, 5.41) is 10.9. The van der Waals surface area contributed by atoms with E-state index in [1.807, 2.05) is 35.2 Å². The first kappa shape index (κ1) is 21.3. The second-order valence-electron chi connectivity index (χ2n) is 8.51. The van der Waals surface area contributed by atoms with E-state index in [-0.39, 0.29) is 18.2 Å². The molecule has 7 nitrogen and oxygen atoms in total. The first-order valence-electron chi connectivity index (χ1n) is 10.8. The lowest BCUT2D eigenvalue weighted by molar-refractivity contribution is -0.141. The average molecular weight is 424 g/mol. The Labute approximate surface area is 182 Å². The van der Waals surface area contributed by atoms with Crippen LogP contribution in [0.3, 0.4) is 0 Å². The van der Waals surface area contributed by atoms with Crippen molar-refractivity contribution in [2.75, 3.05) is 33.3 Å². The largest absolute Gasteiger partial charge is 0.496 e. The van der Waals surface area contributed by atoms with Gasteiger partial charge in [0.25, 0.3) is 5.91 Å². The Hall–Kier alpha value is -2.93. The molecule has 164 valence electrons. The highest BCUT2D eigenvalue weighted by Crippen LogP contribution is 2.39. The van der Waals surface area contributed by atoms with Gasteiger partial charge in [-0.15, -0.1) is 0 Å². The molecule has 0 bridgehead atoms. The molecule has 2 atom stereocenters. The zero-order valence-electron chi connectivity index (χ0n) is 17.9. The van der Waals surface area contributed by atoms with Gasteiger partial charge in [0.05, 0.1) is 25.2 Å². The van der Waals surface area contributed by atoms with Gasteiger partial charge >= 0.3 is 0 Å². The van der Waals surface area contributed by atoms with Gasteiger partial charge in [0.15, 0.2) is 0 Å². The highest BCUT2D eigenvalue weighted by atomic mass is 16.5. The zero-order valence-corrected chi connectivity index (χ0v) is 17.9. The number of pyridine rings is 1. The van der Waals surface area contributed by atoms with E-state index >= 15 is 0 Å². The minimum atomic E-state index is -0.542. The van der Waals surface area contributed by atoms with Crippen LogP contribution in [0.4, 0.5) is 0 Å². The van der Waals surface area contributed by atoms with Crippen LogP contribution in [0.2, 0.25) is 0 Å². The van der Waals surface area contributed by atoms with Crippen molar-refractivity contribution in [3.05, 3.63) is 59.9 Å². The number of likely N-dealkylation sites (tertiary alicyclic amines) is 2. The molecule has 2 saturated heterocycles. The first-order valence-corrected chi connectivity index (χ1v) is 10.8. The number of nitrogens with zero attached hydrogens (tertiary/aromatic N) is 3. The van der Waals surface area contributed by atoms with Gasteiger partial charge in [-0.1, -0.05) is 18.2 Å². The molecular weight excluding hydrogens is 394 g/mol. The Kier molecular flexibility index (Phi) is 6.23. The van der Waals surface area contributed by atoms with Gasteiger partial charge < -0.3 is 19.6 Å². The van der Waals surface area contributed by atoms with Gasteiger partial charge in [0.1, 0.15) is 5.75 Å². The molecular formula is C24H29N3O4. The standard InChI is InChI=1S/C24H29N3O4/c1-31-20-9-3-2-8-19(20)23(30)27-13-6-11-24(17-27)16-26(14-10-21(24)28)22(29)15-18-7-4-5-12-25-18/h2-5,7-9,12,21,28H,6,10-11,13-17H2,1H3/t21-,24-/m0/s1. The number of rotatable bonds is 4. The molecule has 0 unspecified atom stereocenters. The predicted molar refractivity (Wildman–Crippen MR) is 116 cm³/mol. The molecule has 1 spiro atoms. The number of aliphatic hydroxyl groups excluding tert-OH is 1. The second-order valence-corrected chi connectivity index (χ2v) is 8.51. The lowest BCUT2D eigenvalue weighted by atomic mass is 9.71. The number of ether oxygens (including phenoxy) is 1. The van der Waals surface area contributed by atoms with Crippen LogP contribution < -0.4 is 4.74 Å². The van der Waals surface area contributed by atoms with Gasteiger partial charge in [-0.2, -0.15) is 0 Å². The summed E-state index contributed by atoms with van der Waals surface area (Å²) in [6, 6.07) is 12.8. The summed E-state index contributed by atoms with van der Waals surface area (Å²) in [5.74, 6) is 0.460. The number of aliphatic hydroxyl groups is 1. The third kappa shape index (κ3) is 4.42. The van der Waals surface area contributed by atoms with E-state index in [1.165, 1.54) is 0 Å². The summed E-state index contributed by atoms with van der Waals surface area (Å²) in [5.41, 5.74) is 0.758. The number of amides is 2. The third-order valence-electron chi connectivity index (χ3n) is 6.53. The van der Waals surface area contributed by atoms with E-state index in [9.17, 15) is 14.7 Å². The van der Waals surface area contributed by atoms with Crippen LogP contribution in [0, 0.1) is 5.41 Å². The number of benzene rings is 1. The number of aromatic nitrogens is 1. The van der Waals surface area contributed by atoms with E-state index in [1.54, 1.807) is 30.3 Å². The molecule has 1 N–H and O–H groups in total. The Balaban J connectivity index is 1.50. The molecule has 7 heteroatoms. The maximum absolute atomic E-state index is 13.2. The molecule has 4 rings (SSSR count). The third-order valence-corrected chi connectivity index (χ3v) is 6.53. The summed E-state index contributed by atoms with van der Waals surface area (Å²) in [7, 11) is 1.56. The van der Waals surface area contributed by atoms with Crippen LogP contribution in [0.15, 0.2) is 48.7 Å². The molecule has 3 heterocycles. The SMILES string of the molecule is COc1ccccc1C(=O)N1CCC[C@]2(CN(C(=O)Cc3ccccn3)CC[C@@H]2O)C1. The van der Waals surface area contributed by atoms with E-state index in [2.05, 4.69) is 4.98 Å². The monoisotopic (exact) mass is 423 g/mol. The number of carbonyl (C=O) groups excluding carboxylic acids is 2. The molecule has 2 aliphatic heterocycles. The van der Waals surface area contributed by atoms with Crippen LogP contribution in [-0.2, 0) is 11.2 Å². The number of methoxy groups -OCH3 is 1. The molecule has 31 heavy (non-hydrogen) atoms. The van der Waals surface area contributed by atoms with Gasteiger partial charge in [0.2, 0.25) is 5.91 Å². The van der Waals surface area contributed by atoms with Crippen LogP contribution in [0.1, 0.15) is 35.3 Å². The normalized spacial score (nSPS) is 23.6. The summed E-state index contributed by atoms with van der Waals surface area (Å²) in [6.45, 7) is 2.04. The number of piperidine rings is 2. The number of hydrogen-bond acceptors (Lipinski definition) is 5. The smallest absolute Gasteiger partial charge is 0.257 e. The summed E-state index contributed by atoms with van der Waals surface area (Å²) in [6.07, 6.45) is 3.49. The van der Waals surface area contributed by atoms with Crippen molar-refractivity contribution in [1.29, 1.82) is 0 Å². The van der Waals surface area contributed by atoms with Crippen molar-refractivity contribution in [1.82, 2.24) is 14.8 Å². The van der Waals surface area contributed by atoms with E-state index in [0.29, 0.717) is 43.9 Å². The quantitative estimate of drug-likeness (QED) is 0.815. The lowest BCUT2D eigenvalue weighted by Crippen LogP contribution is -2.60. The maximum atomic E-state index is 13.2. The van der Waals surface area contributed by atoms with Gasteiger partial charge in [-0.05, 0) is 43.5 Å². The number of carbonyl (C=O) groups is 2. The molecule has 2 aromatic rings. The molecule has 0 saturated carbocycles. The van der Waals surface area contributed by atoms with Crippen molar-refractivity contribution >= 4 is 11.8 Å². The van der Waals surface area contributed by atoms with Crippen molar-refractivity contribution in [2.45, 2.75) is 31.8 Å².